The summed E-state index contributed by atoms with van der Waals surface area (Å²) in [5, 5.41) is 0. The van der Waals surface area contributed by atoms with Crippen LogP contribution in [0.15, 0.2) is 152 Å². The average Bonchev–Trinajstić information content (AvgIpc) is 3.79. The van der Waals surface area contributed by atoms with Crippen molar-refractivity contribution < 1.29 is 4.79 Å². The molecule has 5 heterocycles. The summed E-state index contributed by atoms with van der Waals surface area (Å²) < 4.78 is 4.63. The highest BCUT2D eigenvalue weighted by Crippen LogP contribution is 2.43. The standard InChI is InChI=1S/C45H25BN4O/c51-43-36-30(26-14-5-1-6-15-26)24-32-41-39(36)46-38-34(49(41)44(47-32)28-18-9-3-10-19-28)22-13-23-35(38)50-42-33(48-45(50)29-20-11-4-12-21-29)25-31(37(43)40(42)46)27-16-7-2-8-17-27/h1-25H. The Bertz CT molecular complexity index is 2770. The number of hydrogen-bond acceptors (Lipinski definition) is 3. The minimum atomic E-state index is -0.183. The van der Waals surface area contributed by atoms with E-state index in [0.29, 0.717) is 0 Å². The van der Waals surface area contributed by atoms with E-state index in [1.807, 2.05) is 48.5 Å². The van der Waals surface area contributed by atoms with Crippen molar-refractivity contribution in [3.8, 4) is 56.4 Å². The number of nitrogens with zero attached hydrogens (tertiary/aromatic N) is 4. The van der Waals surface area contributed by atoms with Crippen LogP contribution in [0, 0.1) is 0 Å². The maximum absolute atomic E-state index is 15.7. The van der Waals surface area contributed by atoms with E-state index >= 15 is 4.79 Å². The summed E-state index contributed by atoms with van der Waals surface area (Å²) in [5.41, 5.74) is 16.6. The summed E-state index contributed by atoms with van der Waals surface area (Å²) in [5.74, 6) is 1.78. The number of fused-ring (bicyclic) bond motifs is 2. The molecule has 12 rings (SSSR count). The lowest BCUT2D eigenvalue weighted by molar-refractivity contribution is 0.104. The molecular formula is C45H25BN4O. The van der Waals surface area contributed by atoms with Gasteiger partial charge >= 0.3 is 0 Å². The lowest BCUT2D eigenvalue weighted by Crippen LogP contribution is -2.64. The van der Waals surface area contributed by atoms with Gasteiger partial charge in [0.1, 0.15) is 11.6 Å². The predicted molar refractivity (Wildman–Crippen MR) is 206 cm³/mol. The smallest absolute Gasteiger partial charge is 0.254 e. The second-order valence-electron chi connectivity index (χ2n) is 13.6. The summed E-state index contributed by atoms with van der Waals surface area (Å²) in [6, 6.07) is 52.3. The van der Waals surface area contributed by atoms with Crippen LogP contribution in [0.2, 0.25) is 0 Å². The van der Waals surface area contributed by atoms with Gasteiger partial charge in [-0.1, -0.05) is 127 Å². The number of carbonyl (C=O) groups is 1. The van der Waals surface area contributed by atoms with Crippen LogP contribution >= 0.6 is 0 Å². The number of ketones is 1. The molecule has 0 amide bonds. The molecule has 9 aromatic rings. The van der Waals surface area contributed by atoms with Crippen molar-refractivity contribution in [2.75, 3.05) is 0 Å². The first-order valence-electron chi connectivity index (χ1n) is 17.3. The Balaban J connectivity index is 1.33. The van der Waals surface area contributed by atoms with Gasteiger partial charge in [0.25, 0.3) is 6.71 Å². The number of carbonyl (C=O) groups excluding carboxylic acids is 1. The van der Waals surface area contributed by atoms with Gasteiger partial charge in [0, 0.05) is 33.6 Å². The normalized spacial score (nSPS) is 13.1. The molecule has 7 aromatic carbocycles. The Labute approximate surface area is 293 Å². The van der Waals surface area contributed by atoms with Gasteiger partial charge in [-0.05, 0) is 62.9 Å². The second-order valence-corrected chi connectivity index (χ2v) is 13.6. The Morgan fingerprint density at radius 2 is 0.824 bits per heavy atom. The maximum atomic E-state index is 15.7. The monoisotopic (exact) mass is 648 g/mol. The lowest BCUT2D eigenvalue weighted by Gasteiger charge is -2.38. The molecule has 2 aromatic heterocycles. The van der Waals surface area contributed by atoms with Crippen molar-refractivity contribution in [3.63, 3.8) is 0 Å². The summed E-state index contributed by atoms with van der Waals surface area (Å²) in [6.45, 7) is -0.183. The van der Waals surface area contributed by atoms with E-state index in [4.69, 9.17) is 9.97 Å². The van der Waals surface area contributed by atoms with Crippen molar-refractivity contribution in [1.82, 2.24) is 19.1 Å². The van der Waals surface area contributed by atoms with Gasteiger partial charge in [-0.2, -0.15) is 0 Å². The maximum Gasteiger partial charge on any atom is 0.254 e. The van der Waals surface area contributed by atoms with Gasteiger partial charge < -0.3 is 0 Å². The van der Waals surface area contributed by atoms with Crippen LogP contribution in [0.25, 0.3) is 78.5 Å². The van der Waals surface area contributed by atoms with E-state index in [1.165, 1.54) is 5.46 Å². The number of rotatable bonds is 4. The molecule has 51 heavy (non-hydrogen) atoms. The van der Waals surface area contributed by atoms with Gasteiger partial charge in [0.2, 0.25) is 0 Å². The third-order valence-electron chi connectivity index (χ3n) is 11.1. The zero-order chi connectivity index (χ0) is 33.4. The molecule has 0 N–H and O–H groups in total. The molecular weight excluding hydrogens is 623 g/mol. The molecule has 0 aliphatic carbocycles. The minimum absolute atomic E-state index is 0.0450. The van der Waals surface area contributed by atoms with E-state index in [-0.39, 0.29) is 12.5 Å². The number of aromatic nitrogens is 4. The molecule has 0 saturated heterocycles. The van der Waals surface area contributed by atoms with E-state index < -0.39 is 0 Å². The van der Waals surface area contributed by atoms with Gasteiger partial charge in [-0.15, -0.1) is 0 Å². The number of benzene rings is 7. The number of hydrogen-bond donors (Lipinski definition) is 0. The van der Waals surface area contributed by atoms with E-state index in [1.54, 1.807) is 0 Å². The van der Waals surface area contributed by atoms with Crippen LogP contribution in [0.4, 0.5) is 0 Å². The third-order valence-corrected chi connectivity index (χ3v) is 11.1. The van der Waals surface area contributed by atoms with Gasteiger partial charge in [0.15, 0.2) is 5.78 Å². The van der Waals surface area contributed by atoms with Crippen molar-refractivity contribution in [2.45, 2.75) is 0 Å². The first kappa shape index (κ1) is 27.1. The van der Waals surface area contributed by atoms with Gasteiger partial charge in [-0.3, -0.25) is 13.9 Å². The van der Waals surface area contributed by atoms with Crippen molar-refractivity contribution in [3.05, 3.63) is 163 Å². The van der Waals surface area contributed by atoms with Crippen molar-refractivity contribution in [2.24, 2.45) is 0 Å². The van der Waals surface area contributed by atoms with Crippen LogP contribution in [-0.2, 0) is 0 Å². The number of imidazole rings is 2. The first-order valence-corrected chi connectivity index (χ1v) is 17.3. The summed E-state index contributed by atoms with van der Waals surface area (Å²) in [7, 11) is 0. The molecule has 3 aliphatic rings. The zero-order valence-corrected chi connectivity index (χ0v) is 27.2. The molecule has 0 saturated carbocycles. The molecule has 0 radical (unpaired) electrons. The third kappa shape index (κ3) is 3.39. The molecule has 0 fully saturated rings. The Hall–Kier alpha value is -6.79. The van der Waals surface area contributed by atoms with Crippen LogP contribution in [-0.4, -0.2) is 31.6 Å². The van der Waals surface area contributed by atoms with Crippen molar-refractivity contribution >= 4 is 51.0 Å². The first-order chi connectivity index (χ1) is 25.3. The average molecular weight is 649 g/mol. The molecule has 0 atom stereocenters. The van der Waals surface area contributed by atoms with Crippen LogP contribution in [0.1, 0.15) is 15.9 Å². The Morgan fingerprint density at radius 3 is 1.24 bits per heavy atom. The molecule has 0 unspecified atom stereocenters. The molecule has 0 bridgehead atoms. The molecule has 6 heteroatoms. The fourth-order valence-corrected chi connectivity index (χ4v) is 9.10. The summed E-state index contributed by atoms with van der Waals surface area (Å²) in [6.07, 6.45) is 0. The Kier molecular flexibility index (Phi) is 5.14. The lowest BCUT2D eigenvalue weighted by atomic mass is 9.30. The SMILES string of the molecule is O=C1c2c(-c3ccccc3)cc3nc(-c4ccccc4)n4c3c2B2c3c-4cccc3-n3c(-c4ccccc4)nc4cc(-c5ccccc5)c1c2c43. The van der Waals surface area contributed by atoms with Crippen LogP contribution in [0.3, 0.4) is 0 Å². The van der Waals surface area contributed by atoms with Gasteiger partial charge in [0.05, 0.1) is 22.1 Å². The highest BCUT2D eigenvalue weighted by Gasteiger charge is 2.49. The van der Waals surface area contributed by atoms with Crippen molar-refractivity contribution in [1.29, 1.82) is 0 Å². The molecule has 234 valence electrons. The Morgan fingerprint density at radius 1 is 0.431 bits per heavy atom. The fraction of sp³-hybridized carbons (Fsp3) is 0. The summed E-state index contributed by atoms with van der Waals surface area (Å²) in [4.78, 5) is 26.5. The van der Waals surface area contributed by atoms with E-state index in [9.17, 15) is 0 Å². The predicted octanol–water partition coefficient (Wildman–Crippen LogP) is 7.72. The van der Waals surface area contributed by atoms with Crippen LogP contribution < -0.4 is 16.4 Å². The van der Waals surface area contributed by atoms with Gasteiger partial charge in [-0.25, -0.2) is 9.97 Å². The summed E-state index contributed by atoms with van der Waals surface area (Å²) >= 11 is 0. The highest BCUT2D eigenvalue weighted by atomic mass is 16.1. The molecule has 5 nitrogen and oxygen atoms in total. The van der Waals surface area contributed by atoms with E-state index in [2.05, 4.69) is 112 Å². The molecule has 3 aliphatic heterocycles. The second kappa shape index (κ2) is 9.68. The highest BCUT2D eigenvalue weighted by molar-refractivity contribution is 7.02. The minimum Gasteiger partial charge on any atom is -0.293 e. The van der Waals surface area contributed by atoms with Crippen LogP contribution in [0.5, 0.6) is 0 Å². The zero-order valence-electron chi connectivity index (χ0n) is 27.2. The van der Waals surface area contributed by atoms with E-state index in [0.717, 1.165) is 101 Å². The topological polar surface area (TPSA) is 52.7 Å². The largest absolute Gasteiger partial charge is 0.293 e. The molecule has 0 spiro atoms. The fourth-order valence-electron chi connectivity index (χ4n) is 9.10. The quantitative estimate of drug-likeness (QED) is 0.184.